The SMILES string of the molecule is CCCNCc1cccc(OC)c1OC1CCCC(C)C1. The monoisotopic (exact) mass is 291 g/mol. The van der Waals surface area contributed by atoms with E-state index >= 15 is 0 Å². The van der Waals surface area contributed by atoms with Crippen LogP contribution in [0.3, 0.4) is 0 Å². The predicted molar refractivity (Wildman–Crippen MR) is 87.0 cm³/mol. The Morgan fingerprint density at radius 3 is 2.86 bits per heavy atom. The standard InChI is InChI=1S/C18H29NO2/c1-4-11-19-13-15-8-6-10-17(20-3)18(15)21-16-9-5-7-14(2)12-16/h6,8,10,14,16,19H,4-5,7,9,11-13H2,1-3H3. The van der Waals surface area contributed by atoms with Crippen molar-refractivity contribution in [3.63, 3.8) is 0 Å². The fourth-order valence-corrected chi connectivity index (χ4v) is 3.05. The molecule has 0 heterocycles. The molecule has 1 saturated carbocycles. The molecule has 1 aliphatic rings. The molecule has 3 heteroatoms. The Kier molecular flexibility index (Phi) is 6.37. The molecule has 0 bridgehead atoms. The summed E-state index contributed by atoms with van der Waals surface area (Å²) in [5, 5.41) is 3.45. The van der Waals surface area contributed by atoms with Crippen molar-refractivity contribution in [2.45, 2.75) is 58.6 Å². The van der Waals surface area contributed by atoms with Crippen LogP contribution in [0.25, 0.3) is 0 Å². The first-order valence-electron chi connectivity index (χ1n) is 8.27. The molecule has 2 rings (SSSR count). The number of hydrogen-bond acceptors (Lipinski definition) is 3. The zero-order valence-electron chi connectivity index (χ0n) is 13.7. The average Bonchev–Trinajstić information content (AvgIpc) is 2.49. The Labute approximate surface area is 129 Å². The van der Waals surface area contributed by atoms with E-state index < -0.39 is 0 Å². The third kappa shape index (κ3) is 4.63. The van der Waals surface area contributed by atoms with Gasteiger partial charge >= 0.3 is 0 Å². The number of para-hydroxylation sites is 1. The summed E-state index contributed by atoms with van der Waals surface area (Å²) < 4.78 is 11.9. The zero-order valence-corrected chi connectivity index (χ0v) is 13.7. The van der Waals surface area contributed by atoms with E-state index in [9.17, 15) is 0 Å². The lowest BCUT2D eigenvalue weighted by atomic mass is 9.88. The van der Waals surface area contributed by atoms with Crippen LogP contribution in [0.1, 0.15) is 51.5 Å². The lowest BCUT2D eigenvalue weighted by Crippen LogP contribution is -2.25. The van der Waals surface area contributed by atoms with Crippen LogP contribution in [-0.4, -0.2) is 19.8 Å². The van der Waals surface area contributed by atoms with Gasteiger partial charge in [0.15, 0.2) is 11.5 Å². The molecule has 0 aliphatic heterocycles. The molecule has 1 fully saturated rings. The van der Waals surface area contributed by atoms with E-state index in [4.69, 9.17) is 9.47 Å². The Bertz CT molecular complexity index is 433. The minimum absolute atomic E-state index is 0.329. The quantitative estimate of drug-likeness (QED) is 0.765. The van der Waals surface area contributed by atoms with E-state index in [1.807, 2.05) is 12.1 Å². The highest BCUT2D eigenvalue weighted by molar-refractivity contribution is 5.46. The molecule has 3 nitrogen and oxygen atoms in total. The average molecular weight is 291 g/mol. The fourth-order valence-electron chi connectivity index (χ4n) is 3.05. The van der Waals surface area contributed by atoms with Gasteiger partial charge in [0, 0.05) is 12.1 Å². The maximum Gasteiger partial charge on any atom is 0.166 e. The largest absolute Gasteiger partial charge is 0.493 e. The number of ether oxygens (including phenoxy) is 2. The van der Waals surface area contributed by atoms with E-state index in [2.05, 4.69) is 25.2 Å². The number of hydrogen-bond donors (Lipinski definition) is 1. The minimum Gasteiger partial charge on any atom is -0.493 e. The van der Waals surface area contributed by atoms with Gasteiger partial charge in [-0.05, 0) is 44.2 Å². The fraction of sp³-hybridized carbons (Fsp3) is 0.667. The molecule has 0 radical (unpaired) electrons. The molecule has 0 saturated heterocycles. The van der Waals surface area contributed by atoms with Gasteiger partial charge < -0.3 is 14.8 Å². The van der Waals surface area contributed by atoms with E-state index in [1.165, 1.54) is 18.4 Å². The normalized spacial score (nSPS) is 22.0. The molecule has 118 valence electrons. The van der Waals surface area contributed by atoms with Crippen molar-refractivity contribution in [3.05, 3.63) is 23.8 Å². The molecular formula is C18H29NO2. The summed E-state index contributed by atoms with van der Waals surface area (Å²) in [6.07, 6.45) is 6.38. The van der Waals surface area contributed by atoms with Crippen molar-refractivity contribution in [1.29, 1.82) is 0 Å². The number of methoxy groups -OCH3 is 1. The van der Waals surface area contributed by atoms with Crippen LogP contribution in [-0.2, 0) is 6.54 Å². The highest BCUT2D eigenvalue weighted by atomic mass is 16.5. The van der Waals surface area contributed by atoms with Gasteiger partial charge in [-0.1, -0.05) is 32.4 Å². The van der Waals surface area contributed by atoms with Crippen LogP contribution >= 0.6 is 0 Å². The molecule has 0 amide bonds. The molecule has 2 atom stereocenters. The Morgan fingerprint density at radius 1 is 1.29 bits per heavy atom. The van der Waals surface area contributed by atoms with Crippen molar-refractivity contribution in [1.82, 2.24) is 5.32 Å². The van der Waals surface area contributed by atoms with Gasteiger partial charge in [-0.3, -0.25) is 0 Å². The summed E-state index contributed by atoms with van der Waals surface area (Å²) in [6, 6.07) is 6.16. The summed E-state index contributed by atoms with van der Waals surface area (Å²) in [7, 11) is 1.72. The Morgan fingerprint density at radius 2 is 2.14 bits per heavy atom. The van der Waals surface area contributed by atoms with Crippen LogP contribution in [0.4, 0.5) is 0 Å². The zero-order chi connectivity index (χ0) is 15.1. The lowest BCUT2D eigenvalue weighted by Gasteiger charge is -2.29. The smallest absolute Gasteiger partial charge is 0.166 e. The molecule has 1 N–H and O–H groups in total. The highest BCUT2D eigenvalue weighted by Gasteiger charge is 2.22. The van der Waals surface area contributed by atoms with Gasteiger partial charge in [-0.2, -0.15) is 0 Å². The summed E-state index contributed by atoms with van der Waals surface area (Å²) in [5.41, 5.74) is 1.20. The van der Waals surface area contributed by atoms with Crippen LogP contribution in [0.15, 0.2) is 18.2 Å². The first-order chi connectivity index (χ1) is 10.2. The topological polar surface area (TPSA) is 30.5 Å². The van der Waals surface area contributed by atoms with E-state index in [-0.39, 0.29) is 0 Å². The molecule has 0 spiro atoms. The number of rotatable bonds is 7. The van der Waals surface area contributed by atoms with Crippen molar-refractivity contribution in [2.75, 3.05) is 13.7 Å². The van der Waals surface area contributed by atoms with Gasteiger partial charge in [-0.15, -0.1) is 0 Å². The van der Waals surface area contributed by atoms with Crippen LogP contribution < -0.4 is 14.8 Å². The molecule has 21 heavy (non-hydrogen) atoms. The summed E-state index contributed by atoms with van der Waals surface area (Å²) >= 11 is 0. The first-order valence-corrected chi connectivity index (χ1v) is 8.27. The summed E-state index contributed by atoms with van der Waals surface area (Å²) in [6.45, 7) is 6.36. The van der Waals surface area contributed by atoms with Gasteiger partial charge in [-0.25, -0.2) is 0 Å². The number of nitrogens with one attached hydrogen (secondary N) is 1. The van der Waals surface area contributed by atoms with Crippen LogP contribution in [0, 0.1) is 5.92 Å². The van der Waals surface area contributed by atoms with Gasteiger partial charge in [0.1, 0.15) is 0 Å². The summed E-state index contributed by atoms with van der Waals surface area (Å²) in [5.74, 6) is 2.55. The summed E-state index contributed by atoms with van der Waals surface area (Å²) in [4.78, 5) is 0. The molecule has 2 unspecified atom stereocenters. The van der Waals surface area contributed by atoms with Crippen molar-refractivity contribution in [3.8, 4) is 11.5 Å². The minimum atomic E-state index is 0.329. The predicted octanol–water partition coefficient (Wildman–Crippen LogP) is 4.15. The Balaban J connectivity index is 2.10. The molecule has 1 aliphatic carbocycles. The second-order valence-corrected chi connectivity index (χ2v) is 6.14. The van der Waals surface area contributed by atoms with E-state index in [0.717, 1.165) is 49.8 Å². The van der Waals surface area contributed by atoms with Crippen molar-refractivity contribution >= 4 is 0 Å². The molecular weight excluding hydrogens is 262 g/mol. The van der Waals surface area contributed by atoms with Gasteiger partial charge in [0.25, 0.3) is 0 Å². The third-order valence-corrected chi connectivity index (χ3v) is 4.20. The maximum absolute atomic E-state index is 6.34. The van der Waals surface area contributed by atoms with E-state index in [1.54, 1.807) is 7.11 Å². The van der Waals surface area contributed by atoms with Crippen molar-refractivity contribution < 1.29 is 9.47 Å². The van der Waals surface area contributed by atoms with Gasteiger partial charge in [0.05, 0.1) is 13.2 Å². The first kappa shape index (κ1) is 16.2. The maximum atomic E-state index is 6.34. The van der Waals surface area contributed by atoms with Gasteiger partial charge in [0.2, 0.25) is 0 Å². The number of benzene rings is 1. The van der Waals surface area contributed by atoms with Crippen molar-refractivity contribution in [2.24, 2.45) is 5.92 Å². The van der Waals surface area contributed by atoms with Crippen LogP contribution in [0.5, 0.6) is 11.5 Å². The lowest BCUT2D eigenvalue weighted by molar-refractivity contribution is 0.123. The Hall–Kier alpha value is -1.22. The second-order valence-electron chi connectivity index (χ2n) is 6.14. The van der Waals surface area contributed by atoms with Crippen LogP contribution in [0.2, 0.25) is 0 Å². The highest BCUT2D eigenvalue weighted by Crippen LogP contribution is 2.35. The van der Waals surface area contributed by atoms with E-state index in [0.29, 0.717) is 6.10 Å². The molecule has 0 aromatic heterocycles. The molecule has 1 aromatic carbocycles. The third-order valence-electron chi connectivity index (χ3n) is 4.20. The second kappa shape index (κ2) is 8.28. The molecule has 1 aromatic rings.